The van der Waals surface area contributed by atoms with Crippen molar-refractivity contribution >= 4 is 17.3 Å². The highest BCUT2D eigenvalue weighted by Crippen LogP contribution is 2.20. The van der Waals surface area contributed by atoms with Crippen LogP contribution in [0.3, 0.4) is 0 Å². The lowest BCUT2D eigenvalue weighted by atomic mass is 10.1. The molecule has 106 valence electrons. The number of aromatic nitrogens is 1. The molecule has 2 heterocycles. The zero-order valence-electron chi connectivity index (χ0n) is 11.6. The molecule has 0 bridgehead atoms. The molecule has 0 aliphatic rings. The second-order valence-electron chi connectivity index (χ2n) is 4.74. The molecular formula is C15H18N2O2S. The van der Waals surface area contributed by atoms with Crippen LogP contribution in [-0.4, -0.2) is 34.0 Å². The Morgan fingerprint density at radius 1 is 1.45 bits per heavy atom. The first-order valence-corrected chi connectivity index (χ1v) is 7.46. The maximum Gasteiger partial charge on any atom is 0.320 e. The van der Waals surface area contributed by atoms with Crippen LogP contribution in [0.4, 0.5) is 0 Å². The van der Waals surface area contributed by atoms with E-state index in [1.54, 1.807) is 11.3 Å². The number of rotatable bonds is 6. The molecule has 2 aromatic heterocycles. The number of pyridine rings is 1. The molecule has 4 nitrogen and oxygen atoms in total. The molecule has 0 radical (unpaired) electrons. The van der Waals surface area contributed by atoms with Crippen molar-refractivity contribution in [2.45, 2.75) is 25.9 Å². The van der Waals surface area contributed by atoms with Crippen LogP contribution in [0.15, 0.2) is 35.2 Å². The number of nitrogens with zero attached hydrogens (tertiary/aromatic N) is 2. The summed E-state index contributed by atoms with van der Waals surface area (Å²) >= 11 is 1.65. The topological polar surface area (TPSA) is 53.4 Å². The molecule has 0 unspecified atom stereocenters. The fraction of sp³-hybridized carbons (Fsp3) is 0.333. The van der Waals surface area contributed by atoms with Crippen molar-refractivity contribution in [1.29, 1.82) is 0 Å². The lowest BCUT2D eigenvalue weighted by Crippen LogP contribution is -2.37. The van der Waals surface area contributed by atoms with Gasteiger partial charge in [-0.15, -0.1) is 0 Å². The van der Waals surface area contributed by atoms with Gasteiger partial charge in [0.2, 0.25) is 0 Å². The maximum absolute atomic E-state index is 11.1. The molecule has 0 saturated carbocycles. The molecule has 2 aromatic rings. The summed E-state index contributed by atoms with van der Waals surface area (Å²) in [4.78, 5) is 17.4. The van der Waals surface area contributed by atoms with Gasteiger partial charge in [0.05, 0.1) is 5.69 Å². The highest BCUT2D eigenvalue weighted by Gasteiger charge is 2.20. The molecule has 0 amide bonds. The third-order valence-electron chi connectivity index (χ3n) is 3.28. The van der Waals surface area contributed by atoms with E-state index in [2.05, 4.69) is 10.4 Å². The molecule has 0 aliphatic heterocycles. The quantitative estimate of drug-likeness (QED) is 0.888. The minimum absolute atomic E-state index is 0.452. The number of hydrogen-bond donors (Lipinski definition) is 1. The molecule has 1 N–H and O–H groups in total. The van der Waals surface area contributed by atoms with Crippen LogP contribution >= 0.6 is 11.3 Å². The van der Waals surface area contributed by atoms with E-state index in [1.807, 2.05) is 48.6 Å². The van der Waals surface area contributed by atoms with Crippen molar-refractivity contribution in [3.8, 4) is 11.3 Å². The Bertz CT molecular complexity index is 552. The molecule has 0 fully saturated rings. The van der Waals surface area contributed by atoms with Crippen molar-refractivity contribution in [1.82, 2.24) is 9.88 Å². The van der Waals surface area contributed by atoms with E-state index >= 15 is 0 Å². The molecule has 2 rings (SSSR count). The van der Waals surface area contributed by atoms with Crippen LogP contribution < -0.4 is 0 Å². The van der Waals surface area contributed by atoms with E-state index in [0.29, 0.717) is 13.0 Å². The number of hydrogen-bond acceptors (Lipinski definition) is 4. The Hall–Kier alpha value is -1.72. The van der Waals surface area contributed by atoms with Crippen molar-refractivity contribution in [2.75, 3.05) is 7.05 Å². The maximum atomic E-state index is 11.1. The van der Waals surface area contributed by atoms with Gasteiger partial charge in [-0.25, -0.2) is 0 Å². The van der Waals surface area contributed by atoms with Gasteiger partial charge in [0.15, 0.2) is 0 Å². The lowest BCUT2D eigenvalue weighted by molar-refractivity contribution is -0.143. The Kier molecular flexibility index (Phi) is 4.87. The predicted molar refractivity (Wildman–Crippen MR) is 80.7 cm³/mol. The van der Waals surface area contributed by atoms with E-state index in [-0.39, 0.29) is 0 Å². The van der Waals surface area contributed by atoms with Gasteiger partial charge in [-0.3, -0.25) is 14.7 Å². The highest BCUT2D eigenvalue weighted by atomic mass is 32.1. The molecule has 20 heavy (non-hydrogen) atoms. The first-order valence-electron chi connectivity index (χ1n) is 6.52. The van der Waals surface area contributed by atoms with E-state index in [0.717, 1.165) is 16.8 Å². The van der Waals surface area contributed by atoms with Crippen molar-refractivity contribution in [3.05, 3.63) is 40.7 Å². The van der Waals surface area contributed by atoms with Gasteiger partial charge in [0, 0.05) is 23.7 Å². The average Bonchev–Trinajstić information content (AvgIpc) is 2.94. The number of likely N-dealkylation sites (N-methyl/N-ethyl adjacent to an activating group) is 1. The highest BCUT2D eigenvalue weighted by molar-refractivity contribution is 7.08. The SMILES string of the molecule is CC[C@H](C(=O)O)N(C)Cc1ccc(-c2ccsc2)nc1. The summed E-state index contributed by atoms with van der Waals surface area (Å²) in [6, 6.07) is 5.57. The third-order valence-corrected chi connectivity index (χ3v) is 3.96. The Morgan fingerprint density at radius 2 is 2.25 bits per heavy atom. The summed E-state index contributed by atoms with van der Waals surface area (Å²) in [5.41, 5.74) is 3.08. The summed E-state index contributed by atoms with van der Waals surface area (Å²) in [5.74, 6) is -0.780. The van der Waals surface area contributed by atoms with Gasteiger partial charge in [0.1, 0.15) is 6.04 Å². The van der Waals surface area contributed by atoms with E-state index in [4.69, 9.17) is 5.11 Å². The van der Waals surface area contributed by atoms with Gasteiger partial charge in [-0.05, 0) is 36.5 Å². The summed E-state index contributed by atoms with van der Waals surface area (Å²) in [7, 11) is 1.83. The zero-order chi connectivity index (χ0) is 14.5. The normalized spacial score (nSPS) is 12.6. The lowest BCUT2D eigenvalue weighted by Gasteiger charge is -2.23. The van der Waals surface area contributed by atoms with Crippen molar-refractivity contribution in [2.24, 2.45) is 0 Å². The fourth-order valence-electron chi connectivity index (χ4n) is 2.17. The van der Waals surface area contributed by atoms with Gasteiger partial charge < -0.3 is 5.11 Å². The van der Waals surface area contributed by atoms with Crippen LogP contribution in [0.1, 0.15) is 18.9 Å². The standard InChI is InChI=1S/C15H18N2O2S/c1-3-14(15(18)19)17(2)9-11-4-5-13(16-8-11)12-6-7-20-10-12/h4-8,10,14H,3,9H2,1-2H3,(H,18,19)/t14-/m1/s1. The van der Waals surface area contributed by atoms with Crippen LogP contribution in [0, 0.1) is 0 Å². The molecule has 0 saturated heterocycles. The Morgan fingerprint density at radius 3 is 2.75 bits per heavy atom. The molecule has 0 aliphatic carbocycles. The summed E-state index contributed by atoms with van der Waals surface area (Å²) in [6.07, 6.45) is 2.41. The third kappa shape index (κ3) is 3.43. The Labute approximate surface area is 122 Å². The largest absolute Gasteiger partial charge is 0.480 e. The fourth-order valence-corrected chi connectivity index (χ4v) is 2.82. The minimum atomic E-state index is -0.780. The van der Waals surface area contributed by atoms with Gasteiger partial charge >= 0.3 is 5.97 Å². The zero-order valence-corrected chi connectivity index (χ0v) is 12.4. The number of aliphatic carboxylic acids is 1. The molecule has 1 atom stereocenters. The van der Waals surface area contributed by atoms with Gasteiger partial charge in [-0.2, -0.15) is 11.3 Å². The second kappa shape index (κ2) is 6.63. The molecule has 0 aromatic carbocycles. The number of thiophene rings is 1. The first kappa shape index (κ1) is 14.7. The van der Waals surface area contributed by atoms with Crippen molar-refractivity contribution < 1.29 is 9.90 Å². The second-order valence-corrected chi connectivity index (χ2v) is 5.52. The predicted octanol–water partition coefficient (Wildman–Crippen LogP) is 3.11. The van der Waals surface area contributed by atoms with Crippen LogP contribution in [0.5, 0.6) is 0 Å². The van der Waals surface area contributed by atoms with E-state index in [1.165, 1.54) is 0 Å². The number of carboxylic acid groups (broad SMARTS) is 1. The van der Waals surface area contributed by atoms with Gasteiger partial charge in [-0.1, -0.05) is 13.0 Å². The van der Waals surface area contributed by atoms with Crippen LogP contribution in [0.25, 0.3) is 11.3 Å². The van der Waals surface area contributed by atoms with Crippen LogP contribution in [0.2, 0.25) is 0 Å². The summed E-state index contributed by atoms with van der Waals surface area (Å²) < 4.78 is 0. The first-order chi connectivity index (χ1) is 9.61. The summed E-state index contributed by atoms with van der Waals surface area (Å²) in [6.45, 7) is 2.47. The smallest absolute Gasteiger partial charge is 0.320 e. The van der Waals surface area contributed by atoms with Crippen molar-refractivity contribution in [3.63, 3.8) is 0 Å². The molecule has 5 heteroatoms. The molecular weight excluding hydrogens is 272 g/mol. The minimum Gasteiger partial charge on any atom is -0.480 e. The number of carbonyl (C=O) groups is 1. The van der Waals surface area contributed by atoms with Gasteiger partial charge in [0.25, 0.3) is 0 Å². The monoisotopic (exact) mass is 290 g/mol. The summed E-state index contributed by atoms with van der Waals surface area (Å²) in [5, 5.41) is 13.2. The molecule has 0 spiro atoms. The average molecular weight is 290 g/mol. The number of carboxylic acids is 1. The van der Waals surface area contributed by atoms with E-state index in [9.17, 15) is 4.79 Å². The van der Waals surface area contributed by atoms with E-state index < -0.39 is 12.0 Å². The Balaban J connectivity index is 2.05. The van der Waals surface area contributed by atoms with Crippen LogP contribution in [-0.2, 0) is 11.3 Å².